The van der Waals surface area contributed by atoms with Gasteiger partial charge in [-0.3, -0.25) is 0 Å². The summed E-state index contributed by atoms with van der Waals surface area (Å²) in [4.78, 5) is 6.42. The van der Waals surface area contributed by atoms with E-state index in [9.17, 15) is 0 Å². The quantitative estimate of drug-likeness (QED) is 0.766. The second kappa shape index (κ2) is 6.71. The van der Waals surface area contributed by atoms with Crippen molar-refractivity contribution in [3.8, 4) is 0 Å². The van der Waals surface area contributed by atoms with Crippen LogP contribution in [-0.4, -0.2) is 11.5 Å². The third-order valence-electron chi connectivity index (χ3n) is 3.89. The predicted octanol–water partition coefficient (Wildman–Crippen LogP) is 4.42. The summed E-state index contributed by atoms with van der Waals surface area (Å²) in [5.41, 5.74) is 4.08. The average Bonchev–Trinajstić information content (AvgIpc) is 3.22. The molecule has 1 aromatic heterocycles. The molecule has 0 radical (unpaired) electrons. The highest BCUT2D eigenvalue weighted by Gasteiger charge is 2.29. The van der Waals surface area contributed by atoms with Crippen LogP contribution in [0.25, 0.3) is 0 Å². The van der Waals surface area contributed by atoms with Gasteiger partial charge in [0.15, 0.2) is 0 Å². The molecule has 1 heterocycles. The molecule has 2 aromatic rings. The second-order valence-corrected chi connectivity index (χ2v) is 7.20. The Morgan fingerprint density at radius 2 is 2.19 bits per heavy atom. The van der Waals surface area contributed by atoms with Gasteiger partial charge in [-0.05, 0) is 38.3 Å². The first-order valence-corrected chi connectivity index (χ1v) is 8.82. The largest absolute Gasteiger partial charge is 0.312 e. The molecule has 0 spiro atoms. The van der Waals surface area contributed by atoms with Crippen LogP contribution in [0.2, 0.25) is 0 Å². The van der Waals surface area contributed by atoms with Gasteiger partial charge in [-0.1, -0.05) is 36.8 Å². The number of thiazole rings is 1. The van der Waals surface area contributed by atoms with E-state index >= 15 is 0 Å². The summed E-state index contributed by atoms with van der Waals surface area (Å²) in [7, 11) is 0. The Balaban J connectivity index is 1.74. The maximum absolute atomic E-state index is 4.95. The molecule has 2 nitrogen and oxygen atoms in total. The van der Waals surface area contributed by atoms with E-state index in [0.29, 0.717) is 0 Å². The van der Waals surface area contributed by atoms with Gasteiger partial charge >= 0.3 is 0 Å². The molecular weight excluding hydrogens is 276 g/mol. The number of nitrogens with one attached hydrogen (secondary N) is 1. The fourth-order valence-corrected chi connectivity index (χ4v) is 3.83. The molecule has 0 saturated heterocycles. The number of hydrogen-bond donors (Lipinski definition) is 1. The summed E-state index contributed by atoms with van der Waals surface area (Å²) in [6.45, 7) is 6.45. The van der Waals surface area contributed by atoms with Crippen molar-refractivity contribution in [3.63, 3.8) is 0 Å². The summed E-state index contributed by atoms with van der Waals surface area (Å²) in [5, 5.41) is 4.81. The highest BCUT2D eigenvalue weighted by molar-refractivity contribution is 7.11. The lowest BCUT2D eigenvalue weighted by Crippen LogP contribution is -2.13. The molecule has 1 aromatic carbocycles. The minimum absolute atomic E-state index is 0.742. The van der Waals surface area contributed by atoms with Gasteiger partial charge in [0, 0.05) is 23.8 Å². The van der Waals surface area contributed by atoms with E-state index in [0.717, 1.165) is 25.4 Å². The maximum Gasteiger partial charge on any atom is 0.0975 e. The second-order valence-electron chi connectivity index (χ2n) is 6.03. The van der Waals surface area contributed by atoms with Gasteiger partial charge in [-0.15, -0.1) is 11.3 Å². The lowest BCUT2D eigenvalue weighted by Gasteiger charge is -2.02. The standard InChI is InChI=1S/C18H24N2S/c1-3-9-19-12-16-18(15-7-8-15)20-17(21-16)11-14-6-4-5-13(2)10-14/h4-6,10,15,19H,3,7-9,11-12H2,1-2H3. The highest BCUT2D eigenvalue weighted by atomic mass is 32.1. The van der Waals surface area contributed by atoms with Crippen LogP contribution < -0.4 is 5.32 Å². The van der Waals surface area contributed by atoms with Crippen molar-refractivity contribution in [1.29, 1.82) is 0 Å². The topological polar surface area (TPSA) is 24.9 Å². The van der Waals surface area contributed by atoms with Gasteiger partial charge in [0.1, 0.15) is 0 Å². The van der Waals surface area contributed by atoms with Gasteiger partial charge in [0.25, 0.3) is 0 Å². The van der Waals surface area contributed by atoms with Crippen LogP contribution in [0.4, 0.5) is 0 Å². The van der Waals surface area contributed by atoms with Crippen molar-refractivity contribution < 1.29 is 0 Å². The molecule has 0 bridgehead atoms. The van der Waals surface area contributed by atoms with E-state index < -0.39 is 0 Å². The third kappa shape index (κ3) is 3.92. The van der Waals surface area contributed by atoms with E-state index in [4.69, 9.17) is 4.98 Å². The van der Waals surface area contributed by atoms with Crippen molar-refractivity contribution in [1.82, 2.24) is 10.3 Å². The van der Waals surface area contributed by atoms with E-state index in [1.807, 2.05) is 11.3 Å². The highest BCUT2D eigenvalue weighted by Crippen LogP contribution is 2.42. The minimum Gasteiger partial charge on any atom is -0.312 e. The Hall–Kier alpha value is -1.19. The van der Waals surface area contributed by atoms with E-state index in [1.54, 1.807) is 0 Å². The molecule has 1 fully saturated rings. The minimum atomic E-state index is 0.742. The Labute approximate surface area is 131 Å². The molecular formula is C18H24N2S. The first-order chi connectivity index (χ1) is 10.3. The van der Waals surface area contributed by atoms with E-state index in [1.165, 1.54) is 46.0 Å². The Kier molecular flexibility index (Phi) is 4.71. The molecule has 0 atom stereocenters. The molecule has 21 heavy (non-hydrogen) atoms. The number of nitrogens with zero attached hydrogens (tertiary/aromatic N) is 1. The molecule has 3 rings (SSSR count). The summed E-state index contributed by atoms with van der Waals surface area (Å²) in [6, 6.07) is 8.78. The van der Waals surface area contributed by atoms with Crippen molar-refractivity contribution in [3.05, 3.63) is 51.0 Å². The van der Waals surface area contributed by atoms with Gasteiger partial charge in [-0.25, -0.2) is 4.98 Å². The number of benzene rings is 1. The van der Waals surface area contributed by atoms with Crippen LogP contribution in [0.1, 0.15) is 58.8 Å². The van der Waals surface area contributed by atoms with Crippen molar-refractivity contribution in [2.75, 3.05) is 6.54 Å². The summed E-state index contributed by atoms with van der Waals surface area (Å²) in [5.74, 6) is 0.742. The van der Waals surface area contributed by atoms with Crippen LogP contribution in [0.15, 0.2) is 24.3 Å². The fourth-order valence-electron chi connectivity index (χ4n) is 2.67. The predicted molar refractivity (Wildman–Crippen MR) is 90.1 cm³/mol. The van der Waals surface area contributed by atoms with Gasteiger partial charge in [0.2, 0.25) is 0 Å². The van der Waals surface area contributed by atoms with Crippen LogP contribution in [0.5, 0.6) is 0 Å². The average molecular weight is 300 g/mol. The first-order valence-electron chi connectivity index (χ1n) is 8.01. The molecule has 1 aliphatic carbocycles. The number of hydrogen-bond acceptors (Lipinski definition) is 3. The van der Waals surface area contributed by atoms with Crippen LogP contribution in [0.3, 0.4) is 0 Å². The van der Waals surface area contributed by atoms with Crippen LogP contribution in [-0.2, 0) is 13.0 Å². The Morgan fingerprint density at radius 3 is 2.90 bits per heavy atom. The normalized spacial score (nSPS) is 14.6. The van der Waals surface area contributed by atoms with Gasteiger partial charge in [-0.2, -0.15) is 0 Å². The zero-order valence-electron chi connectivity index (χ0n) is 13.0. The number of rotatable bonds is 7. The lowest BCUT2D eigenvalue weighted by molar-refractivity contribution is 0.676. The van der Waals surface area contributed by atoms with E-state index in [2.05, 4.69) is 43.4 Å². The van der Waals surface area contributed by atoms with Crippen LogP contribution >= 0.6 is 11.3 Å². The van der Waals surface area contributed by atoms with Crippen molar-refractivity contribution >= 4 is 11.3 Å². The molecule has 1 aliphatic rings. The molecule has 1 N–H and O–H groups in total. The zero-order valence-corrected chi connectivity index (χ0v) is 13.8. The zero-order chi connectivity index (χ0) is 14.7. The Morgan fingerprint density at radius 1 is 1.33 bits per heavy atom. The molecule has 112 valence electrons. The molecule has 1 saturated carbocycles. The SMILES string of the molecule is CCCNCc1sc(Cc2cccc(C)c2)nc1C1CC1. The molecule has 0 aliphatic heterocycles. The van der Waals surface area contributed by atoms with Gasteiger partial charge < -0.3 is 5.32 Å². The fraction of sp³-hybridized carbons (Fsp3) is 0.500. The summed E-state index contributed by atoms with van der Waals surface area (Å²) >= 11 is 1.91. The van der Waals surface area contributed by atoms with Gasteiger partial charge in [0.05, 0.1) is 10.7 Å². The molecule has 0 amide bonds. The monoisotopic (exact) mass is 300 g/mol. The lowest BCUT2D eigenvalue weighted by atomic mass is 10.1. The maximum atomic E-state index is 4.95. The molecule has 3 heteroatoms. The van der Waals surface area contributed by atoms with Crippen LogP contribution in [0, 0.1) is 6.92 Å². The third-order valence-corrected chi connectivity index (χ3v) is 4.96. The van der Waals surface area contributed by atoms with E-state index in [-0.39, 0.29) is 0 Å². The number of aryl methyl sites for hydroxylation is 1. The summed E-state index contributed by atoms with van der Waals surface area (Å²) < 4.78 is 0. The Bertz CT molecular complexity index is 599. The number of aromatic nitrogens is 1. The first kappa shape index (κ1) is 14.7. The molecule has 0 unspecified atom stereocenters. The van der Waals surface area contributed by atoms with Crippen molar-refractivity contribution in [2.24, 2.45) is 0 Å². The van der Waals surface area contributed by atoms with Crippen molar-refractivity contribution in [2.45, 2.75) is 52.0 Å². The smallest absolute Gasteiger partial charge is 0.0975 e. The summed E-state index contributed by atoms with van der Waals surface area (Å²) in [6.07, 6.45) is 4.82.